The highest BCUT2D eigenvalue weighted by Gasteiger charge is 2.21. The van der Waals surface area contributed by atoms with E-state index in [1.165, 1.54) is 12.1 Å². The van der Waals surface area contributed by atoms with Crippen molar-refractivity contribution in [2.45, 2.75) is 57.1 Å². The van der Waals surface area contributed by atoms with E-state index in [-0.39, 0.29) is 17.5 Å². The fraction of sp³-hybridized carbons (Fsp3) is 0.571. The van der Waals surface area contributed by atoms with Crippen LogP contribution in [0, 0.1) is 5.82 Å². The lowest BCUT2D eigenvalue weighted by Gasteiger charge is -2.14. The van der Waals surface area contributed by atoms with Gasteiger partial charge in [-0.2, -0.15) is 0 Å². The average Bonchev–Trinajstić information content (AvgIpc) is 2.37. The maximum Gasteiger partial charge on any atom is 0.243 e. The number of sulfonamides is 1. The topological polar surface area (TPSA) is 66.4 Å². The first-order valence-electron chi connectivity index (χ1n) is 6.82. The lowest BCUT2D eigenvalue weighted by Crippen LogP contribution is -2.33. The van der Waals surface area contributed by atoms with Crippen LogP contribution in [0.3, 0.4) is 0 Å². The van der Waals surface area contributed by atoms with Gasteiger partial charge in [0.05, 0.1) is 6.61 Å². The molecule has 0 heterocycles. The molecule has 114 valence electrons. The van der Waals surface area contributed by atoms with Crippen molar-refractivity contribution < 1.29 is 17.9 Å². The van der Waals surface area contributed by atoms with Crippen LogP contribution >= 0.6 is 0 Å². The van der Waals surface area contributed by atoms with Crippen LogP contribution in [0.15, 0.2) is 23.1 Å². The van der Waals surface area contributed by atoms with E-state index in [1.807, 2.05) is 0 Å². The average molecular weight is 303 g/mol. The first-order chi connectivity index (χ1) is 9.40. The normalized spacial score (nSPS) is 13.4. The molecule has 1 aromatic rings. The number of halogens is 1. The molecule has 0 aliphatic heterocycles. The number of aliphatic hydroxyl groups excluding tert-OH is 1. The smallest absolute Gasteiger partial charge is 0.243 e. The fourth-order valence-electron chi connectivity index (χ4n) is 1.95. The van der Waals surface area contributed by atoms with Gasteiger partial charge in [-0.3, -0.25) is 0 Å². The molecule has 0 spiro atoms. The number of hydrogen-bond donors (Lipinski definition) is 2. The molecule has 0 aliphatic carbocycles. The summed E-state index contributed by atoms with van der Waals surface area (Å²) in [4.78, 5) is -0.378. The van der Waals surface area contributed by atoms with Gasteiger partial charge in [0.15, 0.2) is 0 Å². The number of hydrogen-bond acceptors (Lipinski definition) is 3. The van der Waals surface area contributed by atoms with Gasteiger partial charge in [-0.1, -0.05) is 32.3 Å². The van der Waals surface area contributed by atoms with Crippen LogP contribution in [0.25, 0.3) is 0 Å². The van der Waals surface area contributed by atoms with Crippen LogP contribution in [-0.4, -0.2) is 19.6 Å². The van der Waals surface area contributed by atoms with Crippen LogP contribution in [-0.2, 0) is 16.6 Å². The zero-order valence-corrected chi connectivity index (χ0v) is 12.7. The number of aliphatic hydroxyl groups is 1. The highest BCUT2D eigenvalue weighted by atomic mass is 32.2. The molecule has 0 saturated heterocycles. The van der Waals surface area contributed by atoms with Crippen molar-refractivity contribution in [2.75, 3.05) is 0 Å². The minimum absolute atomic E-state index is 0.233. The Morgan fingerprint density at radius 3 is 2.60 bits per heavy atom. The van der Waals surface area contributed by atoms with Crippen molar-refractivity contribution in [3.05, 3.63) is 29.6 Å². The summed E-state index contributed by atoms with van der Waals surface area (Å²) < 4.78 is 40.4. The summed E-state index contributed by atoms with van der Waals surface area (Å²) in [6, 6.07) is 3.39. The van der Waals surface area contributed by atoms with Crippen LogP contribution in [0.1, 0.15) is 45.1 Å². The van der Waals surface area contributed by atoms with E-state index in [2.05, 4.69) is 11.6 Å². The van der Waals surface area contributed by atoms with E-state index in [0.717, 1.165) is 31.7 Å². The Balaban J connectivity index is 2.78. The molecule has 6 heteroatoms. The zero-order chi connectivity index (χ0) is 15.2. The second-order valence-electron chi connectivity index (χ2n) is 4.94. The molecule has 0 fully saturated rings. The molecule has 0 bridgehead atoms. The summed E-state index contributed by atoms with van der Waals surface area (Å²) in [5.41, 5.74) is 0.345. The molecule has 1 aromatic carbocycles. The Morgan fingerprint density at radius 2 is 2.05 bits per heavy atom. The summed E-state index contributed by atoms with van der Waals surface area (Å²) in [5.74, 6) is -0.843. The standard InChI is InChI=1S/C14H22FNO3S/c1-3-4-5-6-11(2)16-20(18,19)14-8-7-12(10-17)9-13(14)15/h7-9,11,16-17H,3-6,10H2,1-2H3. The third-order valence-corrected chi connectivity index (χ3v) is 4.69. The summed E-state index contributed by atoms with van der Waals surface area (Å²) in [6.07, 6.45) is 3.78. The van der Waals surface area contributed by atoms with Gasteiger partial charge in [0, 0.05) is 6.04 Å². The number of rotatable bonds is 8. The Labute approximate surface area is 120 Å². The molecule has 0 aliphatic rings. The third kappa shape index (κ3) is 4.85. The SMILES string of the molecule is CCCCCC(C)NS(=O)(=O)c1ccc(CO)cc1F. The lowest BCUT2D eigenvalue weighted by atomic mass is 10.1. The molecule has 0 saturated carbocycles. The van der Waals surface area contributed by atoms with E-state index in [4.69, 9.17) is 5.11 Å². The highest BCUT2D eigenvalue weighted by Crippen LogP contribution is 2.17. The van der Waals surface area contributed by atoms with Crippen molar-refractivity contribution in [3.63, 3.8) is 0 Å². The molecule has 1 rings (SSSR count). The van der Waals surface area contributed by atoms with Gasteiger partial charge in [0.1, 0.15) is 10.7 Å². The molecule has 2 N–H and O–H groups in total. The maximum absolute atomic E-state index is 13.8. The molecule has 1 atom stereocenters. The summed E-state index contributed by atoms with van der Waals surface area (Å²) in [7, 11) is -3.86. The van der Waals surface area contributed by atoms with Gasteiger partial charge in [0.2, 0.25) is 10.0 Å². The highest BCUT2D eigenvalue weighted by molar-refractivity contribution is 7.89. The number of benzene rings is 1. The second-order valence-corrected chi connectivity index (χ2v) is 6.62. The van der Waals surface area contributed by atoms with Crippen molar-refractivity contribution in [2.24, 2.45) is 0 Å². The summed E-state index contributed by atoms with van der Waals surface area (Å²) >= 11 is 0. The minimum atomic E-state index is -3.86. The zero-order valence-electron chi connectivity index (χ0n) is 11.9. The van der Waals surface area contributed by atoms with Gasteiger partial charge >= 0.3 is 0 Å². The number of nitrogens with one attached hydrogen (secondary N) is 1. The molecule has 1 unspecified atom stereocenters. The Kier molecular flexibility index (Phi) is 6.58. The molecule has 0 aromatic heterocycles. The van der Waals surface area contributed by atoms with Crippen molar-refractivity contribution in [3.8, 4) is 0 Å². The monoisotopic (exact) mass is 303 g/mol. The molecular weight excluding hydrogens is 281 g/mol. The number of unbranched alkanes of at least 4 members (excludes halogenated alkanes) is 2. The van der Waals surface area contributed by atoms with Crippen LogP contribution in [0.5, 0.6) is 0 Å². The third-order valence-electron chi connectivity index (χ3n) is 3.07. The Morgan fingerprint density at radius 1 is 1.35 bits per heavy atom. The first kappa shape index (κ1) is 17.1. The first-order valence-corrected chi connectivity index (χ1v) is 8.30. The van der Waals surface area contributed by atoms with E-state index in [9.17, 15) is 12.8 Å². The molecular formula is C14H22FNO3S. The van der Waals surface area contributed by atoms with Crippen molar-refractivity contribution in [1.82, 2.24) is 4.72 Å². The van der Waals surface area contributed by atoms with Gasteiger partial charge in [-0.15, -0.1) is 0 Å². The largest absolute Gasteiger partial charge is 0.392 e. The van der Waals surface area contributed by atoms with Gasteiger partial charge in [-0.25, -0.2) is 17.5 Å². The Bertz CT molecular complexity index is 531. The van der Waals surface area contributed by atoms with E-state index < -0.39 is 15.8 Å². The van der Waals surface area contributed by atoms with Crippen LogP contribution in [0.4, 0.5) is 4.39 Å². The molecule has 20 heavy (non-hydrogen) atoms. The predicted octanol–water partition coefficient (Wildman–Crippen LogP) is 2.57. The summed E-state index contributed by atoms with van der Waals surface area (Å²) in [6.45, 7) is 3.53. The Hall–Kier alpha value is -0.980. The van der Waals surface area contributed by atoms with Crippen molar-refractivity contribution >= 4 is 10.0 Å². The van der Waals surface area contributed by atoms with Gasteiger partial charge in [0.25, 0.3) is 0 Å². The molecule has 0 radical (unpaired) electrons. The molecule has 4 nitrogen and oxygen atoms in total. The van der Waals surface area contributed by atoms with E-state index in [0.29, 0.717) is 5.56 Å². The van der Waals surface area contributed by atoms with Crippen molar-refractivity contribution in [1.29, 1.82) is 0 Å². The fourth-order valence-corrected chi connectivity index (χ4v) is 3.29. The lowest BCUT2D eigenvalue weighted by molar-refractivity contribution is 0.281. The van der Waals surface area contributed by atoms with Gasteiger partial charge < -0.3 is 5.11 Å². The summed E-state index contributed by atoms with van der Waals surface area (Å²) in [5, 5.41) is 8.89. The van der Waals surface area contributed by atoms with Gasteiger partial charge in [-0.05, 0) is 31.0 Å². The second kappa shape index (κ2) is 7.71. The quantitative estimate of drug-likeness (QED) is 0.725. The van der Waals surface area contributed by atoms with E-state index in [1.54, 1.807) is 6.92 Å². The predicted molar refractivity (Wildman–Crippen MR) is 76.2 cm³/mol. The molecule has 0 amide bonds. The minimum Gasteiger partial charge on any atom is -0.392 e. The maximum atomic E-state index is 13.8. The van der Waals surface area contributed by atoms with Crippen LogP contribution in [0.2, 0.25) is 0 Å². The van der Waals surface area contributed by atoms with E-state index >= 15 is 0 Å². The van der Waals surface area contributed by atoms with Crippen LogP contribution < -0.4 is 4.72 Å².